The number of halogens is 1. The average Bonchev–Trinajstić information content (AvgIpc) is 2.72. The van der Waals surface area contributed by atoms with Crippen LogP contribution in [0.25, 0.3) is 0 Å². The van der Waals surface area contributed by atoms with Gasteiger partial charge in [-0.25, -0.2) is 0 Å². The van der Waals surface area contributed by atoms with Gasteiger partial charge in [-0.15, -0.1) is 5.10 Å². The van der Waals surface area contributed by atoms with E-state index in [-0.39, 0.29) is 6.04 Å². The molecule has 1 N–H and O–H groups in total. The molecule has 0 fully saturated rings. The third kappa shape index (κ3) is 2.25. The maximum absolute atomic E-state index is 3.97. The standard InChI is InChI=1S/C12H15BrN4/c1-8-5-4-6-9(11(8)13)12(14-2)10-7-15-16-17(10)3/h4-7,12,14H,1-3H3. The number of aromatic nitrogens is 3. The van der Waals surface area contributed by atoms with Gasteiger partial charge in [-0.3, -0.25) is 4.68 Å². The lowest BCUT2D eigenvalue weighted by molar-refractivity contribution is 0.596. The third-order valence-electron chi connectivity index (χ3n) is 2.87. The topological polar surface area (TPSA) is 42.7 Å². The molecular weight excluding hydrogens is 280 g/mol. The maximum atomic E-state index is 3.97. The molecule has 0 saturated carbocycles. The smallest absolute Gasteiger partial charge is 0.0798 e. The third-order valence-corrected chi connectivity index (χ3v) is 3.95. The summed E-state index contributed by atoms with van der Waals surface area (Å²) in [5, 5.41) is 11.2. The predicted octanol–water partition coefficient (Wildman–Crippen LogP) is 2.19. The molecule has 0 aliphatic heterocycles. The Labute approximate surface area is 109 Å². The summed E-state index contributed by atoms with van der Waals surface area (Å²) in [6, 6.07) is 6.33. The van der Waals surface area contributed by atoms with E-state index in [2.05, 4.69) is 56.7 Å². The fourth-order valence-electron chi connectivity index (χ4n) is 1.91. The van der Waals surface area contributed by atoms with E-state index in [1.54, 1.807) is 10.9 Å². The first kappa shape index (κ1) is 12.3. The van der Waals surface area contributed by atoms with Gasteiger partial charge in [0.2, 0.25) is 0 Å². The lowest BCUT2D eigenvalue weighted by Crippen LogP contribution is -2.21. The summed E-state index contributed by atoms with van der Waals surface area (Å²) in [5.74, 6) is 0. The van der Waals surface area contributed by atoms with E-state index in [1.807, 2.05) is 14.1 Å². The Morgan fingerprint density at radius 3 is 2.76 bits per heavy atom. The van der Waals surface area contributed by atoms with Crippen LogP contribution in [-0.4, -0.2) is 22.0 Å². The van der Waals surface area contributed by atoms with Crippen LogP contribution in [0.1, 0.15) is 22.9 Å². The minimum atomic E-state index is 0.0873. The van der Waals surface area contributed by atoms with Crippen LogP contribution < -0.4 is 5.32 Å². The molecule has 17 heavy (non-hydrogen) atoms. The molecule has 0 amide bonds. The van der Waals surface area contributed by atoms with Crippen LogP contribution >= 0.6 is 15.9 Å². The molecule has 0 bridgehead atoms. The van der Waals surface area contributed by atoms with Crippen LogP contribution in [0.4, 0.5) is 0 Å². The fourth-order valence-corrected chi connectivity index (χ4v) is 2.41. The van der Waals surface area contributed by atoms with Gasteiger partial charge in [-0.05, 0) is 25.1 Å². The number of benzene rings is 1. The summed E-state index contributed by atoms with van der Waals surface area (Å²) < 4.78 is 2.91. The minimum absolute atomic E-state index is 0.0873. The van der Waals surface area contributed by atoms with Crippen molar-refractivity contribution in [2.75, 3.05) is 7.05 Å². The second-order valence-corrected chi connectivity index (χ2v) is 4.78. The van der Waals surface area contributed by atoms with Crippen molar-refractivity contribution < 1.29 is 0 Å². The second-order valence-electron chi connectivity index (χ2n) is 3.98. The minimum Gasteiger partial charge on any atom is -0.308 e. The molecule has 1 atom stereocenters. The number of nitrogens with zero attached hydrogens (tertiary/aromatic N) is 3. The molecular formula is C12H15BrN4. The predicted molar refractivity (Wildman–Crippen MR) is 70.8 cm³/mol. The van der Waals surface area contributed by atoms with E-state index in [4.69, 9.17) is 0 Å². The number of nitrogens with one attached hydrogen (secondary N) is 1. The molecule has 1 aromatic heterocycles. The molecule has 0 spiro atoms. The summed E-state index contributed by atoms with van der Waals surface area (Å²) >= 11 is 3.64. The SMILES string of the molecule is CNC(c1cccc(C)c1Br)c1cnnn1C. The summed E-state index contributed by atoms with van der Waals surface area (Å²) in [6.07, 6.45) is 1.79. The van der Waals surface area contributed by atoms with Crippen molar-refractivity contribution in [3.05, 3.63) is 45.7 Å². The highest BCUT2D eigenvalue weighted by Crippen LogP contribution is 2.29. The molecule has 1 heterocycles. The zero-order chi connectivity index (χ0) is 12.4. The largest absolute Gasteiger partial charge is 0.308 e. The van der Waals surface area contributed by atoms with E-state index in [1.165, 1.54) is 11.1 Å². The van der Waals surface area contributed by atoms with Crippen LogP contribution in [0.2, 0.25) is 0 Å². The van der Waals surface area contributed by atoms with Gasteiger partial charge in [0.1, 0.15) is 0 Å². The van der Waals surface area contributed by atoms with Crippen LogP contribution in [0.5, 0.6) is 0 Å². The Balaban J connectivity index is 2.50. The van der Waals surface area contributed by atoms with Crippen molar-refractivity contribution in [1.29, 1.82) is 0 Å². The van der Waals surface area contributed by atoms with Crippen molar-refractivity contribution in [2.24, 2.45) is 7.05 Å². The first-order valence-corrected chi connectivity index (χ1v) is 6.21. The zero-order valence-electron chi connectivity index (χ0n) is 10.1. The normalized spacial score (nSPS) is 12.7. The van der Waals surface area contributed by atoms with Crippen molar-refractivity contribution >= 4 is 15.9 Å². The van der Waals surface area contributed by atoms with Gasteiger partial charge in [0.15, 0.2) is 0 Å². The van der Waals surface area contributed by atoms with Crippen molar-refractivity contribution in [2.45, 2.75) is 13.0 Å². The van der Waals surface area contributed by atoms with Gasteiger partial charge in [0, 0.05) is 11.5 Å². The van der Waals surface area contributed by atoms with Gasteiger partial charge in [-0.2, -0.15) is 0 Å². The molecule has 2 aromatic rings. The summed E-state index contributed by atoms with van der Waals surface area (Å²) in [5.41, 5.74) is 3.45. The molecule has 5 heteroatoms. The maximum Gasteiger partial charge on any atom is 0.0798 e. The van der Waals surface area contributed by atoms with Gasteiger partial charge in [-0.1, -0.05) is 39.3 Å². The van der Waals surface area contributed by atoms with Crippen molar-refractivity contribution in [3.63, 3.8) is 0 Å². The zero-order valence-corrected chi connectivity index (χ0v) is 11.7. The fraction of sp³-hybridized carbons (Fsp3) is 0.333. The van der Waals surface area contributed by atoms with Crippen LogP contribution in [0, 0.1) is 6.92 Å². The highest BCUT2D eigenvalue weighted by molar-refractivity contribution is 9.10. The molecule has 0 aliphatic rings. The van der Waals surface area contributed by atoms with Gasteiger partial charge in [0.05, 0.1) is 17.9 Å². The van der Waals surface area contributed by atoms with Crippen LogP contribution in [-0.2, 0) is 7.05 Å². The number of rotatable bonds is 3. The lowest BCUT2D eigenvalue weighted by Gasteiger charge is -2.18. The van der Waals surface area contributed by atoms with E-state index < -0.39 is 0 Å². The van der Waals surface area contributed by atoms with Gasteiger partial charge < -0.3 is 5.32 Å². The van der Waals surface area contributed by atoms with Gasteiger partial charge >= 0.3 is 0 Å². The first-order chi connectivity index (χ1) is 8.15. The van der Waals surface area contributed by atoms with Crippen molar-refractivity contribution in [1.82, 2.24) is 20.3 Å². The van der Waals surface area contributed by atoms with E-state index in [0.717, 1.165) is 10.2 Å². The Morgan fingerprint density at radius 1 is 1.41 bits per heavy atom. The summed E-state index contributed by atoms with van der Waals surface area (Å²) in [7, 11) is 3.84. The number of aryl methyl sites for hydroxylation is 2. The molecule has 1 aromatic carbocycles. The van der Waals surface area contributed by atoms with Crippen LogP contribution in [0.3, 0.4) is 0 Å². The summed E-state index contributed by atoms with van der Waals surface area (Å²) in [4.78, 5) is 0. The Bertz CT molecular complexity index is 521. The molecule has 90 valence electrons. The monoisotopic (exact) mass is 294 g/mol. The molecule has 2 rings (SSSR count). The number of hydrogen-bond acceptors (Lipinski definition) is 3. The Morgan fingerprint density at radius 2 is 2.18 bits per heavy atom. The second kappa shape index (κ2) is 4.98. The highest BCUT2D eigenvalue weighted by Gasteiger charge is 2.18. The van der Waals surface area contributed by atoms with E-state index in [0.29, 0.717) is 0 Å². The number of hydrogen-bond donors (Lipinski definition) is 1. The quantitative estimate of drug-likeness (QED) is 0.944. The van der Waals surface area contributed by atoms with Gasteiger partial charge in [0.25, 0.3) is 0 Å². The summed E-state index contributed by atoms with van der Waals surface area (Å²) in [6.45, 7) is 2.09. The van der Waals surface area contributed by atoms with E-state index >= 15 is 0 Å². The molecule has 0 radical (unpaired) electrons. The Hall–Kier alpha value is -1.20. The lowest BCUT2D eigenvalue weighted by atomic mass is 10.0. The molecule has 4 nitrogen and oxygen atoms in total. The average molecular weight is 295 g/mol. The Kier molecular flexibility index (Phi) is 3.59. The van der Waals surface area contributed by atoms with E-state index in [9.17, 15) is 0 Å². The molecule has 0 aliphatic carbocycles. The highest BCUT2D eigenvalue weighted by atomic mass is 79.9. The molecule has 1 unspecified atom stereocenters. The molecule has 0 saturated heterocycles. The first-order valence-electron chi connectivity index (χ1n) is 5.42. The van der Waals surface area contributed by atoms with Crippen molar-refractivity contribution in [3.8, 4) is 0 Å². The van der Waals surface area contributed by atoms with Crippen LogP contribution in [0.15, 0.2) is 28.9 Å².